The van der Waals surface area contributed by atoms with Gasteiger partial charge in [-0.3, -0.25) is 9.79 Å². The number of piperidine rings is 1. The smallest absolute Gasteiger partial charge is 0.257 e. The summed E-state index contributed by atoms with van der Waals surface area (Å²) < 4.78 is 31.2. The number of amides is 1. The maximum absolute atomic E-state index is 15.3. The lowest BCUT2D eigenvalue weighted by Crippen LogP contribution is -2.42. The van der Waals surface area contributed by atoms with Gasteiger partial charge in [-0.05, 0) is 32.9 Å². The van der Waals surface area contributed by atoms with Crippen LogP contribution in [-0.2, 0) is 0 Å². The molecule has 1 aliphatic heterocycles. The Morgan fingerprint density at radius 1 is 1.27 bits per heavy atom. The fourth-order valence-electron chi connectivity index (χ4n) is 4.28. The number of hydrogen-bond acceptors (Lipinski definition) is 6. The number of nitrogens with one attached hydrogen (secondary N) is 2. The molecule has 8 nitrogen and oxygen atoms in total. The van der Waals surface area contributed by atoms with Crippen LogP contribution in [0.15, 0.2) is 29.5 Å². The first-order valence-corrected chi connectivity index (χ1v) is 10.7. The Morgan fingerprint density at radius 3 is 2.67 bits per heavy atom. The summed E-state index contributed by atoms with van der Waals surface area (Å²) in [4.78, 5) is 23.0. The van der Waals surface area contributed by atoms with E-state index in [1.807, 2.05) is 11.9 Å². The molecule has 10 heteroatoms. The molecule has 1 saturated heterocycles. The predicted octanol–water partition coefficient (Wildman–Crippen LogP) is 3.48. The van der Waals surface area contributed by atoms with Gasteiger partial charge < -0.3 is 25.7 Å². The van der Waals surface area contributed by atoms with E-state index in [0.29, 0.717) is 36.1 Å². The highest BCUT2D eigenvalue weighted by Gasteiger charge is 2.26. The number of halogens is 2. The summed E-state index contributed by atoms with van der Waals surface area (Å²) in [6.07, 6.45) is 6.38. The molecule has 2 aromatic heterocycles. The lowest BCUT2D eigenvalue weighted by molar-refractivity contribution is 0.102. The average molecular weight is 460 g/mol. The second kappa shape index (κ2) is 9.14. The number of rotatable bonds is 5. The molecule has 4 rings (SSSR count). The van der Waals surface area contributed by atoms with E-state index in [1.165, 1.54) is 22.9 Å². The van der Waals surface area contributed by atoms with Gasteiger partial charge in [-0.25, -0.2) is 13.8 Å². The zero-order chi connectivity index (χ0) is 23.7. The number of carbonyl (C=O) groups excluding carboxylic acids is 1. The number of nitrogens with two attached hydrogens (primary N) is 1. The fourth-order valence-corrected chi connectivity index (χ4v) is 4.28. The number of imidazole rings is 1. The van der Waals surface area contributed by atoms with Crippen LogP contribution in [0.25, 0.3) is 5.65 Å². The van der Waals surface area contributed by atoms with Crippen molar-refractivity contribution in [1.29, 1.82) is 0 Å². The number of aryl methyl sites for hydroxylation is 1. The van der Waals surface area contributed by atoms with Gasteiger partial charge in [0, 0.05) is 59.3 Å². The molecule has 0 unspecified atom stereocenters. The number of fused-ring (bicyclic) bond motifs is 1. The van der Waals surface area contributed by atoms with Crippen LogP contribution in [0.1, 0.15) is 37.3 Å². The summed E-state index contributed by atoms with van der Waals surface area (Å²) in [5.74, 6) is -1.79. The zero-order valence-corrected chi connectivity index (χ0v) is 18.8. The molecule has 0 radical (unpaired) electrons. The first-order valence-electron chi connectivity index (χ1n) is 10.7. The average Bonchev–Trinajstić information content (AvgIpc) is 3.17. The van der Waals surface area contributed by atoms with Gasteiger partial charge in [-0.2, -0.15) is 0 Å². The van der Waals surface area contributed by atoms with Gasteiger partial charge >= 0.3 is 0 Å². The van der Waals surface area contributed by atoms with Crippen LogP contribution < -0.4 is 21.3 Å². The van der Waals surface area contributed by atoms with Crippen molar-refractivity contribution in [2.24, 2.45) is 4.99 Å². The number of nitrogens with zero attached hydrogens (tertiary/aromatic N) is 4. The Morgan fingerprint density at radius 2 is 2.00 bits per heavy atom. The number of anilines is 3. The van der Waals surface area contributed by atoms with Gasteiger partial charge in [0.25, 0.3) is 5.91 Å². The quantitative estimate of drug-likeness (QED) is 0.401. The molecule has 0 atom stereocenters. The summed E-state index contributed by atoms with van der Waals surface area (Å²) >= 11 is 0. The standard InChI is InChI=1S/C23H27F2N7O.2H2/c1-13-11-32-12-15(8-19(25)22(32)29-13)30-23(33)16-9-18(24)21(17(10-27-2)20(16)26)31-6-4-14(28-3)5-7-31;;/h8-12,14,28H,4-7,26H2,1-3H3,(H,30,33);2*1H. The van der Waals surface area contributed by atoms with E-state index in [1.54, 1.807) is 20.2 Å². The van der Waals surface area contributed by atoms with E-state index in [9.17, 15) is 9.18 Å². The number of aliphatic imine (C=N–C) groups is 1. The second-order valence-electron chi connectivity index (χ2n) is 8.16. The molecule has 0 spiro atoms. The Labute approximate surface area is 193 Å². The van der Waals surface area contributed by atoms with Gasteiger partial charge in [-0.15, -0.1) is 0 Å². The van der Waals surface area contributed by atoms with Crippen molar-refractivity contribution in [3.63, 3.8) is 0 Å². The topological polar surface area (TPSA) is 100 Å². The van der Waals surface area contributed by atoms with Gasteiger partial charge in [-0.1, -0.05) is 0 Å². The fraction of sp³-hybridized carbons (Fsp3) is 0.348. The van der Waals surface area contributed by atoms with Crippen LogP contribution in [0.2, 0.25) is 0 Å². The van der Waals surface area contributed by atoms with Gasteiger partial charge in [0.1, 0.15) is 5.82 Å². The molecule has 1 amide bonds. The Bertz CT molecular complexity index is 1240. The third-order valence-electron chi connectivity index (χ3n) is 5.94. The number of carbonyl (C=O) groups is 1. The molecular weight excluding hydrogens is 428 g/mol. The first-order chi connectivity index (χ1) is 15.8. The van der Waals surface area contributed by atoms with E-state index >= 15 is 4.39 Å². The SMILES string of the molecule is CN=Cc1c(N)c(C(=O)Nc2cc(F)c3nc(C)cn3c2)cc(F)c1N1CCC(NC)CC1.[HH].[HH]. The number of nitrogen functional groups attached to an aromatic ring is 1. The third-order valence-corrected chi connectivity index (χ3v) is 5.94. The lowest BCUT2D eigenvalue weighted by Gasteiger charge is -2.35. The minimum atomic E-state index is -0.645. The van der Waals surface area contributed by atoms with E-state index in [4.69, 9.17) is 5.73 Å². The van der Waals surface area contributed by atoms with Crippen LogP contribution in [0.5, 0.6) is 0 Å². The number of pyridine rings is 1. The molecule has 0 saturated carbocycles. The van der Waals surface area contributed by atoms with Crippen molar-refractivity contribution >= 4 is 34.8 Å². The molecule has 3 heterocycles. The molecular formula is C23H31F2N7O. The molecule has 1 aliphatic rings. The maximum Gasteiger partial charge on any atom is 0.257 e. The van der Waals surface area contributed by atoms with Crippen molar-refractivity contribution in [3.8, 4) is 0 Å². The van der Waals surface area contributed by atoms with Gasteiger partial charge in [0.2, 0.25) is 0 Å². The molecule has 0 aliphatic carbocycles. The first kappa shape index (κ1) is 22.7. The Balaban J connectivity index is 0.00000216. The molecule has 33 heavy (non-hydrogen) atoms. The Kier molecular flexibility index (Phi) is 6.28. The predicted molar refractivity (Wildman–Crippen MR) is 131 cm³/mol. The summed E-state index contributed by atoms with van der Waals surface area (Å²) in [6.45, 7) is 3.05. The molecule has 1 fully saturated rings. The van der Waals surface area contributed by atoms with Crippen LogP contribution in [0, 0.1) is 18.6 Å². The van der Waals surface area contributed by atoms with Crippen molar-refractivity contribution in [2.75, 3.05) is 43.1 Å². The monoisotopic (exact) mass is 459 g/mol. The highest BCUT2D eigenvalue weighted by Crippen LogP contribution is 2.33. The number of aromatic nitrogens is 2. The maximum atomic E-state index is 15.3. The summed E-state index contributed by atoms with van der Waals surface area (Å²) in [7, 11) is 3.48. The summed E-state index contributed by atoms with van der Waals surface area (Å²) in [6, 6.07) is 2.68. The van der Waals surface area contributed by atoms with E-state index in [2.05, 4.69) is 20.6 Å². The number of hydrogen-bond donors (Lipinski definition) is 3. The van der Waals surface area contributed by atoms with Crippen LogP contribution >= 0.6 is 0 Å². The van der Waals surface area contributed by atoms with E-state index in [0.717, 1.165) is 18.9 Å². The molecule has 3 aromatic rings. The van der Waals surface area contributed by atoms with E-state index < -0.39 is 17.5 Å². The van der Waals surface area contributed by atoms with Crippen LogP contribution in [0.3, 0.4) is 0 Å². The van der Waals surface area contributed by atoms with Crippen molar-refractivity contribution in [1.82, 2.24) is 14.7 Å². The van der Waals surface area contributed by atoms with Crippen LogP contribution in [-0.4, -0.2) is 54.7 Å². The van der Waals surface area contributed by atoms with Gasteiger partial charge in [0.15, 0.2) is 11.5 Å². The van der Waals surface area contributed by atoms with Gasteiger partial charge in [0.05, 0.1) is 28.3 Å². The van der Waals surface area contributed by atoms with Crippen molar-refractivity contribution < 1.29 is 16.4 Å². The highest BCUT2D eigenvalue weighted by molar-refractivity contribution is 6.11. The largest absolute Gasteiger partial charge is 0.397 e. The van der Waals surface area contributed by atoms with E-state index in [-0.39, 0.29) is 25.4 Å². The molecule has 4 N–H and O–H groups in total. The highest BCUT2D eigenvalue weighted by atomic mass is 19.1. The van der Waals surface area contributed by atoms with Crippen molar-refractivity contribution in [2.45, 2.75) is 25.8 Å². The second-order valence-corrected chi connectivity index (χ2v) is 8.16. The summed E-state index contributed by atoms with van der Waals surface area (Å²) in [5.41, 5.74) is 8.10. The summed E-state index contributed by atoms with van der Waals surface area (Å²) in [5, 5.41) is 5.86. The third kappa shape index (κ3) is 4.38. The minimum Gasteiger partial charge on any atom is -0.397 e. The molecule has 0 bridgehead atoms. The number of benzene rings is 1. The van der Waals surface area contributed by atoms with Crippen LogP contribution in [0.4, 0.5) is 25.8 Å². The minimum absolute atomic E-state index is 0. The zero-order valence-electron chi connectivity index (χ0n) is 18.8. The molecule has 178 valence electrons. The lowest BCUT2D eigenvalue weighted by atomic mass is 9.99. The normalized spacial score (nSPS) is 15.0. The molecule has 1 aromatic carbocycles. The Hall–Kier alpha value is -3.53. The van der Waals surface area contributed by atoms with Crippen molar-refractivity contribution in [3.05, 3.63) is 53.0 Å².